The zero-order valence-corrected chi connectivity index (χ0v) is 18.4. The summed E-state index contributed by atoms with van der Waals surface area (Å²) in [5.41, 5.74) is 2.36. The van der Waals surface area contributed by atoms with Crippen molar-refractivity contribution in [1.29, 1.82) is 0 Å². The van der Waals surface area contributed by atoms with Gasteiger partial charge in [-0.1, -0.05) is 48.5 Å². The molecule has 0 bridgehead atoms. The monoisotopic (exact) mass is 447 g/mol. The van der Waals surface area contributed by atoms with Gasteiger partial charge in [-0.2, -0.15) is 0 Å². The lowest BCUT2D eigenvalue weighted by Gasteiger charge is -2.17. The number of amides is 1. The highest BCUT2D eigenvalue weighted by Crippen LogP contribution is 2.16. The second kappa shape index (κ2) is 11.5. The SMILES string of the molecule is COC(=O)c1cccc(C(=O)N[C@H](Cc2ccc(OCc3ccccc3)cc2)C(=O)OC)c1. The molecule has 1 atom stereocenters. The average Bonchev–Trinajstić information content (AvgIpc) is 2.87. The molecule has 1 amide bonds. The number of carbonyl (C=O) groups is 3. The van der Waals surface area contributed by atoms with Crippen molar-refractivity contribution in [3.05, 3.63) is 101 Å². The molecular formula is C26H25NO6. The fourth-order valence-electron chi connectivity index (χ4n) is 3.18. The summed E-state index contributed by atoms with van der Waals surface area (Å²) in [5, 5.41) is 2.68. The number of ether oxygens (including phenoxy) is 3. The number of esters is 2. The Balaban J connectivity index is 1.65. The minimum Gasteiger partial charge on any atom is -0.489 e. The van der Waals surface area contributed by atoms with Crippen LogP contribution in [0.2, 0.25) is 0 Å². The van der Waals surface area contributed by atoms with Crippen molar-refractivity contribution in [3.63, 3.8) is 0 Å². The molecule has 1 N–H and O–H groups in total. The minimum absolute atomic E-state index is 0.230. The van der Waals surface area contributed by atoms with E-state index in [2.05, 4.69) is 10.1 Å². The number of methoxy groups -OCH3 is 2. The van der Waals surface area contributed by atoms with E-state index >= 15 is 0 Å². The highest BCUT2D eigenvalue weighted by molar-refractivity contribution is 5.99. The van der Waals surface area contributed by atoms with Crippen molar-refractivity contribution >= 4 is 17.8 Å². The molecule has 0 radical (unpaired) electrons. The van der Waals surface area contributed by atoms with Crippen molar-refractivity contribution in [2.45, 2.75) is 19.1 Å². The number of benzene rings is 3. The summed E-state index contributed by atoms with van der Waals surface area (Å²) in [7, 11) is 2.53. The third-order valence-electron chi connectivity index (χ3n) is 4.95. The quantitative estimate of drug-likeness (QED) is 0.505. The number of hydrogen-bond acceptors (Lipinski definition) is 6. The first-order chi connectivity index (χ1) is 16.0. The molecule has 0 heterocycles. The summed E-state index contributed by atoms with van der Waals surface area (Å²) in [6, 6.07) is 22.3. The van der Waals surface area contributed by atoms with Gasteiger partial charge in [0.25, 0.3) is 5.91 Å². The van der Waals surface area contributed by atoms with Gasteiger partial charge in [0.2, 0.25) is 0 Å². The summed E-state index contributed by atoms with van der Waals surface area (Å²) in [6.07, 6.45) is 0.230. The van der Waals surface area contributed by atoms with Gasteiger partial charge >= 0.3 is 11.9 Å². The van der Waals surface area contributed by atoms with Crippen LogP contribution in [0.15, 0.2) is 78.9 Å². The highest BCUT2D eigenvalue weighted by Gasteiger charge is 2.23. The Bertz CT molecular complexity index is 1100. The van der Waals surface area contributed by atoms with Gasteiger partial charge in [0, 0.05) is 12.0 Å². The van der Waals surface area contributed by atoms with Crippen molar-refractivity contribution in [2.75, 3.05) is 14.2 Å². The molecule has 0 aliphatic rings. The molecule has 0 aromatic heterocycles. The van der Waals surface area contributed by atoms with Crippen LogP contribution < -0.4 is 10.1 Å². The van der Waals surface area contributed by atoms with E-state index in [4.69, 9.17) is 9.47 Å². The van der Waals surface area contributed by atoms with E-state index in [9.17, 15) is 14.4 Å². The first kappa shape index (κ1) is 23.5. The molecule has 0 unspecified atom stereocenters. The van der Waals surface area contributed by atoms with E-state index < -0.39 is 23.9 Å². The van der Waals surface area contributed by atoms with Gasteiger partial charge in [0.1, 0.15) is 18.4 Å². The lowest BCUT2D eigenvalue weighted by molar-refractivity contribution is -0.142. The topological polar surface area (TPSA) is 90.9 Å². The fourth-order valence-corrected chi connectivity index (χ4v) is 3.18. The lowest BCUT2D eigenvalue weighted by Crippen LogP contribution is -2.43. The van der Waals surface area contributed by atoms with Crippen LogP contribution in [0.5, 0.6) is 5.75 Å². The Labute approximate surface area is 192 Å². The number of rotatable bonds is 9. The minimum atomic E-state index is -0.902. The molecule has 3 rings (SSSR count). The van der Waals surface area contributed by atoms with Crippen LogP contribution in [0.4, 0.5) is 0 Å². The number of nitrogens with one attached hydrogen (secondary N) is 1. The molecule has 7 nitrogen and oxygen atoms in total. The molecule has 0 saturated carbocycles. The van der Waals surface area contributed by atoms with Crippen LogP contribution in [-0.4, -0.2) is 38.1 Å². The van der Waals surface area contributed by atoms with E-state index in [1.54, 1.807) is 18.2 Å². The van der Waals surface area contributed by atoms with Crippen LogP contribution in [-0.2, 0) is 27.3 Å². The molecule has 0 fully saturated rings. The van der Waals surface area contributed by atoms with Gasteiger partial charge in [0.05, 0.1) is 19.8 Å². The maximum absolute atomic E-state index is 12.7. The van der Waals surface area contributed by atoms with Crippen molar-refractivity contribution in [2.24, 2.45) is 0 Å². The van der Waals surface area contributed by atoms with Gasteiger partial charge in [-0.15, -0.1) is 0 Å². The molecule has 170 valence electrons. The average molecular weight is 447 g/mol. The Morgan fingerprint density at radius 2 is 1.48 bits per heavy atom. The van der Waals surface area contributed by atoms with Gasteiger partial charge in [-0.25, -0.2) is 9.59 Å². The molecular weight excluding hydrogens is 422 g/mol. The second-order valence-corrected chi connectivity index (χ2v) is 7.24. The fraction of sp³-hybridized carbons (Fsp3) is 0.192. The van der Waals surface area contributed by atoms with Crippen molar-refractivity contribution in [3.8, 4) is 5.75 Å². The predicted molar refractivity (Wildman–Crippen MR) is 122 cm³/mol. The van der Waals surface area contributed by atoms with Gasteiger partial charge < -0.3 is 19.5 Å². The van der Waals surface area contributed by atoms with Crippen LogP contribution in [0.1, 0.15) is 31.8 Å². The summed E-state index contributed by atoms with van der Waals surface area (Å²) in [5.74, 6) is -0.930. The van der Waals surface area contributed by atoms with Crippen LogP contribution in [0, 0.1) is 0 Å². The van der Waals surface area contributed by atoms with E-state index in [0.29, 0.717) is 12.4 Å². The van der Waals surface area contributed by atoms with Crippen LogP contribution in [0.3, 0.4) is 0 Å². The zero-order valence-electron chi connectivity index (χ0n) is 18.4. The normalized spacial score (nSPS) is 11.2. The highest BCUT2D eigenvalue weighted by atomic mass is 16.5. The summed E-state index contributed by atoms with van der Waals surface area (Å²) >= 11 is 0. The summed E-state index contributed by atoms with van der Waals surface area (Å²) < 4.78 is 15.3. The standard InChI is InChI=1S/C26H25NO6/c1-31-25(29)21-10-6-9-20(16-21)24(28)27-23(26(30)32-2)15-18-11-13-22(14-12-18)33-17-19-7-4-3-5-8-19/h3-14,16,23H,15,17H2,1-2H3,(H,27,28)/t23-/m1/s1. The molecule has 0 saturated heterocycles. The number of carbonyl (C=O) groups excluding carboxylic acids is 3. The number of hydrogen-bond donors (Lipinski definition) is 1. The van der Waals surface area contributed by atoms with E-state index in [1.165, 1.54) is 20.3 Å². The molecule has 0 aliphatic heterocycles. The Morgan fingerprint density at radius 3 is 2.15 bits per heavy atom. The molecule has 0 aliphatic carbocycles. The molecule has 3 aromatic rings. The van der Waals surface area contributed by atoms with E-state index in [-0.39, 0.29) is 17.5 Å². The third kappa shape index (κ3) is 6.67. The second-order valence-electron chi connectivity index (χ2n) is 7.24. The first-order valence-electron chi connectivity index (χ1n) is 10.3. The maximum Gasteiger partial charge on any atom is 0.337 e. The molecule has 7 heteroatoms. The van der Waals surface area contributed by atoms with Gasteiger partial charge in [-0.05, 0) is 41.5 Å². The molecule has 33 heavy (non-hydrogen) atoms. The van der Waals surface area contributed by atoms with Crippen LogP contribution in [0.25, 0.3) is 0 Å². The zero-order chi connectivity index (χ0) is 23.6. The van der Waals surface area contributed by atoms with Crippen molar-refractivity contribution in [1.82, 2.24) is 5.32 Å². The van der Waals surface area contributed by atoms with Crippen LogP contribution >= 0.6 is 0 Å². The smallest absolute Gasteiger partial charge is 0.337 e. The lowest BCUT2D eigenvalue weighted by atomic mass is 10.0. The van der Waals surface area contributed by atoms with Gasteiger partial charge in [0.15, 0.2) is 0 Å². The molecule has 3 aromatic carbocycles. The Morgan fingerprint density at radius 1 is 0.788 bits per heavy atom. The summed E-state index contributed by atoms with van der Waals surface area (Å²) in [4.78, 5) is 36.7. The Kier molecular flexibility index (Phi) is 8.18. The Hall–Kier alpha value is -4.13. The largest absolute Gasteiger partial charge is 0.489 e. The van der Waals surface area contributed by atoms with E-state index in [1.807, 2.05) is 54.6 Å². The predicted octanol–water partition coefficient (Wildman–Crippen LogP) is 3.57. The maximum atomic E-state index is 12.7. The first-order valence-corrected chi connectivity index (χ1v) is 10.3. The molecule has 0 spiro atoms. The third-order valence-corrected chi connectivity index (χ3v) is 4.95. The van der Waals surface area contributed by atoms with Crippen molar-refractivity contribution < 1.29 is 28.6 Å². The summed E-state index contributed by atoms with van der Waals surface area (Å²) in [6.45, 7) is 0.450. The van der Waals surface area contributed by atoms with E-state index in [0.717, 1.165) is 11.1 Å². The van der Waals surface area contributed by atoms with Gasteiger partial charge in [-0.3, -0.25) is 4.79 Å².